The topological polar surface area (TPSA) is 90.9 Å². The third-order valence-corrected chi connectivity index (χ3v) is 4.41. The van der Waals surface area contributed by atoms with Crippen LogP contribution < -0.4 is 5.32 Å². The van der Waals surface area contributed by atoms with Gasteiger partial charge in [0.05, 0.1) is 6.61 Å². The molecular formula is C19H21NO6S. The Morgan fingerprint density at radius 2 is 1.78 bits per heavy atom. The highest BCUT2D eigenvalue weighted by Crippen LogP contribution is 2.36. The molecule has 1 heterocycles. The first-order chi connectivity index (χ1) is 13.0. The van der Waals surface area contributed by atoms with Crippen molar-refractivity contribution < 1.29 is 28.6 Å². The van der Waals surface area contributed by atoms with E-state index in [2.05, 4.69) is 10.1 Å². The Labute approximate surface area is 161 Å². The average molecular weight is 391 g/mol. The molecule has 0 radical (unpaired) electrons. The molecule has 27 heavy (non-hydrogen) atoms. The normalized spacial score (nSPS) is 10.3. The molecule has 1 N–H and O–H groups in total. The summed E-state index contributed by atoms with van der Waals surface area (Å²) in [5.41, 5.74) is 2.89. The van der Waals surface area contributed by atoms with E-state index >= 15 is 0 Å². The van der Waals surface area contributed by atoms with Crippen molar-refractivity contribution in [2.45, 2.75) is 13.8 Å². The molecule has 1 aromatic heterocycles. The van der Waals surface area contributed by atoms with Crippen molar-refractivity contribution in [1.29, 1.82) is 0 Å². The van der Waals surface area contributed by atoms with E-state index in [9.17, 15) is 14.4 Å². The molecule has 1 aromatic carbocycles. The largest absolute Gasteiger partial charge is 0.462 e. The van der Waals surface area contributed by atoms with Gasteiger partial charge in [-0.3, -0.25) is 4.79 Å². The predicted molar refractivity (Wildman–Crippen MR) is 102 cm³/mol. The number of anilines is 1. The van der Waals surface area contributed by atoms with Gasteiger partial charge in [-0.2, -0.15) is 0 Å². The van der Waals surface area contributed by atoms with Gasteiger partial charge in [0.1, 0.15) is 17.2 Å². The Kier molecular flexibility index (Phi) is 7.51. The minimum atomic E-state index is -0.648. The monoisotopic (exact) mass is 391 g/mol. The van der Waals surface area contributed by atoms with E-state index in [0.717, 1.165) is 11.1 Å². The second-order valence-electron chi connectivity index (χ2n) is 5.58. The van der Waals surface area contributed by atoms with Crippen molar-refractivity contribution in [3.05, 3.63) is 40.8 Å². The van der Waals surface area contributed by atoms with Crippen molar-refractivity contribution >= 4 is 34.2 Å². The second-order valence-corrected chi connectivity index (χ2v) is 6.46. The Morgan fingerprint density at radius 3 is 2.41 bits per heavy atom. The van der Waals surface area contributed by atoms with Gasteiger partial charge in [0, 0.05) is 18.1 Å². The van der Waals surface area contributed by atoms with Gasteiger partial charge in [-0.15, -0.1) is 11.3 Å². The standard InChI is InChI=1S/C19H21NO6S/c1-4-25-19(23)17-14(13-7-5-12(2)6-8-13)11-27-18(17)20-15(21)9-26-16(22)10-24-3/h5-8,11H,4,9-10H2,1-3H3,(H,20,21). The number of carbonyl (C=O) groups is 3. The van der Waals surface area contributed by atoms with Crippen LogP contribution in [0.5, 0.6) is 0 Å². The third kappa shape index (κ3) is 5.63. The lowest BCUT2D eigenvalue weighted by molar-refractivity contribution is -0.150. The van der Waals surface area contributed by atoms with E-state index in [-0.39, 0.29) is 18.8 Å². The molecule has 0 spiro atoms. The molecule has 2 rings (SSSR count). The Morgan fingerprint density at radius 1 is 1.07 bits per heavy atom. The second kappa shape index (κ2) is 9.84. The highest BCUT2D eigenvalue weighted by Gasteiger charge is 2.23. The molecule has 0 aliphatic rings. The summed E-state index contributed by atoms with van der Waals surface area (Å²) >= 11 is 1.20. The first-order valence-corrected chi connectivity index (χ1v) is 9.14. The highest BCUT2D eigenvalue weighted by atomic mass is 32.1. The Bertz CT molecular complexity index is 812. The molecule has 2 aromatic rings. The van der Waals surface area contributed by atoms with Gasteiger partial charge < -0.3 is 19.5 Å². The molecule has 0 aliphatic carbocycles. The van der Waals surface area contributed by atoms with E-state index in [1.165, 1.54) is 18.4 Å². The number of esters is 2. The number of benzene rings is 1. The molecule has 144 valence electrons. The van der Waals surface area contributed by atoms with E-state index in [1.807, 2.05) is 31.2 Å². The number of amides is 1. The quantitative estimate of drug-likeness (QED) is 0.696. The number of ether oxygens (including phenoxy) is 3. The molecule has 7 nitrogen and oxygen atoms in total. The molecule has 0 saturated carbocycles. The lowest BCUT2D eigenvalue weighted by atomic mass is 10.0. The van der Waals surface area contributed by atoms with Gasteiger partial charge in [-0.25, -0.2) is 9.59 Å². The number of aryl methyl sites for hydroxylation is 1. The summed E-state index contributed by atoms with van der Waals surface area (Å²) in [7, 11) is 1.35. The SMILES string of the molecule is CCOC(=O)c1c(-c2ccc(C)cc2)csc1NC(=O)COC(=O)COC. The van der Waals surface area contributed by atoms with Crippen LogP contribution in [-0.2, 0) is 23.8 Å². The third-order valence-electron chi connectivity index (χ3n) is 3.51. The smallest absolute Gasteiger partial charge is 0.341 e. The summed E-state index contributed by atoms with van der Waals surface area (Å²) in [5.74, 6) is -1.73. The van der Waals surface area contributed by atoms with Gasteiger partial charge in [0.2, 0.25) is 0 Å². The molecule has 0 fully saturated rings. The maximum Gasteiger partial charge on any atom is 0.341 e. The highest BCUT2D eigenvalue weighted by molar-refractivity contribution is 7.15. The fourth-order valence-electron chi connectivity index (χ4n) is 2.27. The fraction of sp³-hybridized carbons (Fsp3) is 0.316. The van der Waals surface area contributed by atoms with E-state index in [4.69, 9.17) is 9.47 Å². The Balaban J connectivity index is 2.23. The maximum absolute atomic E-state index is 12.5. The lowest BCUT2D eigenvalue weighted by Crippen LogP contribution is -2.23. The minimum absolute atomic E-state index is 0.212. The molecule has 0 saturated heterocycles. The molecule has 0 aliphatic heterocycles. The zero-order chi connectivity index (χ0) is 19.8. The van der Waals surface area contributed by atoms with Gasteiger partial charge in [0.25, 0.3) is 5.91 Å². The summed E-state index contributed by atoms with van der Waals surface area (Å²) in [5, 5.41) is 4.74. The van der Waals surface area contributed by atoms with Crippen molar-refractivity contribution in [3.63, 3.8) is 0 Å². The molecule has 0 unspecified atom stereocenters. The van der Waals surface area contributed by atoms with Gasteiger partial charge in [0.15, 0.2) is 6.61 Å². The minimum Gasteiger partial charge on any atom is -0.462 e. The first kappa shape index (κ1) is 20.6. The molecule has 1 amide bonds. The van der Waals surface area contributed by atoms with Crippen LogP contribution in [0.4, 0.5) is 5.00 Å². The van der Waals surface area contributed by atoms with Crippen LogP contribution in [0, 0.1) is 6.92 Å². The predicted octanol–water partition coefficient (Wildman–Crippen LogP) is 3.03. The number of carbonyl (C=O) groups excluding carboxylic acids is 3. The summed E-state index contributed by atoms with van der Waals surface area (Å²) in [4.78, 5) is 35.8. The first-order valence-electron chi connectivity index (χ1n) is 8.26. The van der Waals surface area contributed by atoms with Crippen LogP contribution in [-0.4, -0.2) is 44.8 Å². The van der Waals surface area contributed by atoms with Crippen molar-refractivity contribution in [1.82, 2.24) is 0 Å². The van der Waals surface area contributed by atoms with Crippen molar-refractivity contribution in [3.8, 4) is 11.1 Å². The van der Waals surface area contributed by atoms with Crippen molar-refractivity contribution in [2.75, 3.05) is 32.2 Å². The van der Waals surface area contributed by atoms with Gasteiger partial charge in [-0.1, -0.05) is 29.8 Å². The zero-order valence-corrected chi connectivity index (χ0v) is 16.2. The maximum atomic E-state index is 12.5. The summed E-state index contributed by atoms with van der Waals surface area (Å²) in [6, 6.07) is 7.68. The van der Waals surface area contributed by atoms with Crippen molar-refractivity contribution in [2.24, 2.45) is 0 Å². The van der Waals surface area contributed by atoms with Crippen LogP contribution in [0.3, 0.4) is 0 Å². The summed E-state index contributed by atoms with van der Waals surface area (Å²) in [6.07, 6.45) is 0. The van der Waals surface area contributed by atoms with Crippen LogP contribution in [0.1, 0.15) is 22.8 Å². The van der Waals surface area contributed by atoms with Crippen LogP contribution >= 0.6 is 11.3 Å². The van der Waals surface area contributed by atoms with Gasteiger partial charge in [-0.05, 0) is 19.4 Å². The number of methoxy groups -OCH3 is 1. The van der Waals surface area contributed by atoms with E-state index < -0.39 is 24.5 Å². The molecule has 0 atom stereocenters. The molecular weight excluding hydrogens is 370 g/mol. The van der Waals surface area contributed by atoms with Crippen LogP contribution in [0.15, 0.2) is 29.6 Å². The van der Waals surface area contributed by atoms with E-state index in [0.29, 0.717) is 10.6 Å². The zero-order valence-electron chi connectivity index (χ0n) is 15.4. The van der Waals surface area contributed by atoms with E-state index in [1.54, 1.807) is 12.3 Å². The molecule has 0 bridgehead atoms. The van der Waals surface area contributed by atoms with Gasteiger partial charge >= 0.3 is 11.9 Å². The fourth-order valence-corrected chi connectivity index (χ4v) is 3.24. The number of hydrogen-bond acceptors (Lipinski definition) is 7. The van der Waals surface area contributed by atoms with Crippen LogP contribution in [0.25, 0.3) is 11.1 Å². The lowest BCUT2D eigenvalue weighted by Gasteiger charge is -2.09. The Hall–Kier alpha value is -2.71. The number of hydrogen-bond donors (Lipinski definition) is 1. The summed E-state index contributed by atoms with van der Waals surface area (Å²) < 4.78 is 14.5. The molecule has 8 heteroatoms. The summed E-state index contributed by atoms with van der Waals surface area (Å²) in [6.45, 7) is 3.19. The number of rotatable bonds is 8. The average Bonchev–Trinajstić information content (AvgIpc) is 3.04. The number of nitrogens with one attached hydrogen (secondary N) is 1. The van der Waals surface area contributed by atoms with Crippen LogP contribution in [0.2, 0.25) is 0 Å². The number of thiophene rings is 1.